The first-order valence-electron chi connectivity index (χ1n) is 14.5. The molecule has 0 atom stereocenters. The molecule has 6 aromatic rings. The summed E-state index contributed by atoms with van der Waals surface area (Å²) in [5.41, 5.74) is 5.58. The van der Waals surface area contributed by atoms with Gasteiger partial charge in [0.15, 0.2) is 0 Å². The number of benzene rings is 4. The predicted octanol–water partition coefficient (Wildman–Crippen LogP) is 12.3. The fourth-order valence-electron chi connectivity index (χ4n) is 4.53. The smallest absolute Gasteiger partial charge is 0.0809 e. The minimum atomic E-state index is -0.826. The second-order valence-electron chi connectivity index (χ2n) is 9.67. The van der Waals surface area contributed by atoms with Crippen LogP contribution in [0.2, 0.25) is 13.1 Å². The van der Waals surface area contributed by atoms with E-state index in [1.807, 2.05) is 30.3 Å². The van der Waals surface area contributed by atoms with Gasteiger partial charge in [-0.2, -0.15) is 60.0 Å². The Bertz CT molecular complexity index is 1430. The summed E-state index contributed by atoms with van der Waals surface area (Å²) >= 11 is -0.826. The molecule has 0 bridgehead atoms. The third kappa shape index (κ3) is 13.0. The number of fused-ring (bicyclic) bond motifs is 2. The molecule has 0 aliphatic heterocycles. The Kier molecular flexibility index (Phi) is 19.1. The fourth-order valence-corrected chi connectivity index (χ4v) is 4.53. The van der Waals surface area contributed by atoms with E-state index in [1.54, 1.807) is 0 Å². The molecule has 0 saturated heterocycles. The summed E-state index contributed by atoms with van der Waals surface area (Å²) in [5, 5.41) is 5.42. The van der Waals surface area contributed by atoms with Crippen LogP contribution in [0.15, 0.2) is 127 Å². The van der Waals surface area contributed by atoms with Crippen LogP contribution < -0.4 is 0 Å². The molecule has 218 valence electrons. The van der Waals surface area contributed by atoms with Gasteiger partial charge in [-0.1, -0.05) is 81.7 Å². The van der Waals surface area contributed by atoms with Crippen molar-refractivity contribution >= 4 is 48.1 Å². The van der Waals surface area contributed by atoms with Crippen LogP contribution in [0.1, 0.15) is 37.8 Å². The Labute approximate surface area is 275 Å². The summed E-state index contributed by atoms with van der Waals surface area (Å²) in [7, 11) is 11.0. The third-order valence-corrected chi connectivity index (χ3v) is 6.31. The van der Waals surface area contributed by atoms with Gasteiger partial charge in [-0.05, 0) is 24.0 Å². The molecule has 4 heteroatoms. The van der Waals surface area contributed by atoms with Gasteiger partial charge < -0.3 is 0 Å². The van der Waals surface area contributed by atoms with Crippen molar-refractivity contribution in [3.05, 3.63) is 145 Å². The standard InChI is InChI=1S/C21H23.C9H7.C6H5.C2H6Si.2ClH.Zr/c1-3-6-16-10-12-18(13-11-16)20-9-5-8-19-14-17(7-4-2)15-21(19)20;1-2-5-9-7-3-6-8(9)4-1;1-2-4-6-5-3-1;1-3-2;;;/h5,8-15H,3-4,6-7H2,1-2H3;1-7H;1-5H;1-2H3;2*1H;/q3*-1;;;;+2/p-2. The van der Waals surface area contributed by atoms with E-state index in [0.717, 1.165) is 9.52 Å². The molecule has 6 aromatic carbocycles. The molecule has 0 nitrogen and oxygen atoms in total. The molecule has 0 aromatic heterocycles. The van der Waals surface area contributed by atoms with Crippen LogP contribution in [-0.4, -0.2) is 9.52 Å². The fraction of sp³-hybridized carbons (Fsp3) is 0.211. The second kappa shape index (κ2) is 22.3. The van der Waals surface area contributed by atoms with Gasteiger partial charge in [-0.3, -0.25) is 0 Å². The van der Waals surface area contributed by atoms with Crippen molar-refractivity contribution < 1.29 is 20.8 Å². The second-order valence-corrected chi connectivity index (χ2v) is 14.4. The molecule has 2 radical (unpaired) electrons. The first kappa shape index (κ1) is 36.0. The summed E-state index contributed by atoms with van der Waals surface area (Å²) in [6, 6.07) is 47.6. The average Bonchev–Trinajstić information content (AvgIpc) is 3.67. The Hall–Kier alpha value is -2.22. The van der Waals surface area contributed by atoms with Gasteiger partial charge in [-0.15, -0.1) is 64.2 Å². The van der Waals surface area contributed by atoms with Gasteiger partial charge in [0.25, 0.3) is 0 Å². The van der Waals surface area contributed by atoms with E-state index in [4.69, 9.17) is 17.0 Å². The molecule has 0 spiro atoms. The average molecular weight is 688 g/mol. The summed E-state index contributed by atoms with van der Waals surface area (Å²) in [4.78, 5) is 0. The normalized spacial score (nSPS) is 9.67. The summed E-state index contributed by atoms with van der Waals surface area (Å²) in [6.45, 7) is 8.78. The molecular weight excluding hydrogens is 647 g/mol. The van der Waals surface area contributed by atoms with E-state index in [2.05, 4.69) is 130 Å². The minimum Gasteiger partial charge on any atom is -0.184 e. The van der Waals surface area contributed by atoms with Gasteiger partial charge in [0.2, 0.25) is 0 Å². The minimum absolute atomic E-state index is 0.826. The summed E-state index contributed by atoms with van der Waals surface area (Å²) in [5.74, 6) is 0. The number of halogens is 2. The Morgan fingerprint density at radius 1 is 0.738 bits per heavy atom. The van der Waals surface area contributed by atoms with Crippen LogP contribution >= 0.6 is 17.0 Å². The van der Waals surface area contributed by atoms with Crippen molar-refractivity contribution in [2.75, 3.05) is 0 Å². The quantitative estimate of drug-likeness (QED) is 0.125. The van der Waals surface area contributed by atoms with E-state index in [0.29, 0.717) is 0 Å². The largest absolute Gasteiger partial charge is 0.184 e. The van der Waals surface area contributed by atoms with Gasteiger partial charge in [0, 0.05) is 9.52 Å². The molecule has 0 heterocycles. The number of rotatable bonds is 5. The van der Waals surface area contributed by atoms with Crippen LogP contribution in [-0.2, 0) is 33.7 Å². The maximum absolute atomic E-state index is 4.93. The molecule has 0 unspecified atom stereocenters. The van der Waals surface area contributed by atoms with Crippen LogP contribution in [0, 0.1) is 6.07 Å². The maximum Gasteiger partial charge on any atom is -0.0809 e. The maximum atomic E-state index is 4.93. The first-order valence-corrected chi connectivity index (χ1v) is 22.8. The monoisotopic (exact) mass is 685 g/mol. The van der Waals surface area contributed by atoms with E-state index in [9.17, 15) is 0 Å². The molecule has 6 rings (SSSR count). The molecule has 0 aliphatic carbocycles. The molecule has 42 heavy (non-hydrogen) atoms. The zero-order chi connectivity index (χ0) is 30.4. The SMILES string of the molecule is CCCc1ccc(-c2cccc3[cH-]c(CCC)cc23)cc1.C[Si]C.[Cl][Zr][Cl].[c-]1ccccc1.c1ccc2[cH-]ccc2c1. The summed E-state index contributed by atoms with van der Waals surface area (Å²) < 4.78 is 0. The topological polar surface area (TPSA) is 0 Å². The van der Waals surface area contributed by atoms with E-state index in [1.165, 1.54) is 69.5 Å². The number of hydrogen-bond acceptors (Lipinski definition) is 0. The Balaban J connectivity index is 0.000000239. The molecule has 0 N–H and O–H groups in total. The zero-order valence-corrected chi connectivity index (χ0v) is 30.2. The Morgan fingerprint density at radius 3 is 1.95 bits per heavy atom. The van der Waals surface area contributed by atoms with E-state index >= 15 is 0 Å². The number of aryl methyl sites for hydroxylation is 2. The van der Waals surface area contributed by atoms with Gasteiger partial charge in [0.1, 0.15) is 0 Å². The number of hydrogen-bond donors (Lipinski definition) is 0. The van der Waals surface area contributed by atoms with E-state index in [-0.39, 0.29) is 0 Å². The van der Waals surface area contributed by atoms with Gasteiger partial charge >= 0.3 is 37.9 Å². The summed E-state index contributed by atoms with van der Waals surface area (Å²) in [6.07, 6.45) is 4.75. The third-order valence-electron chi connectivity index (χ3n) is 6.31. The van der Waals surface area contributed by atoms with Crippen molar-refractivity contribution in [3.8, 4) is 11.1 Å². The van der Waals surface area contributed by atoms with Crippen molar-refractivity contribution in [3.63, 3.8) is 0 Å². The van der Waals surface area contributed by atoms with Crippen LogP contribution in [0.4, 0.5) is 0 Å². The first-order chi connectivity index (χ1) is 20.6. The van der Waals surface area contributed by atoms with Crippen molar-refractivity contribution in [1.82, 2.24) is 0 Å². The molecule has 0 saturated carbocycles. The Morgan fingerprint density at radius 2 is 1.38 bits per heavy atom. The van der Waals surface area contributed by atoms with Crippen molar-refractivity contribution in [1.29, 1.82) is 0 Å². The van der Waals surface area contributed by atoms with Gasteiger partial charge in [-0.25, -0.2) is 0 Å². The van der Waals surface area contributed by atoms with Crippen molar-refractivity contribution in [2.24, 2.45) is 0 Å². The molecular formula is C38H41Cl2SiZr-3. The molecule has 0 fully saturated rings. The molecule has 0 amide bonds. The van der Waals surface area contributed by atoms with Crippen LogP contribution in [0.5, 0.6) is 0 Å². The van der Waals surface area contributed by atoms with Crippen LogP contribution in [0.25, 0.3) is 32.7 Å². The van der Waals surface area contributed by atoms with Crippen LogP contribution in [0.3, 0.4) is 0 Å². The van der Waals surface area contributed by atoms with Crippen molar-refractivity contribution in [2.45, 2.75) is 52.6 Å². The predicted molar refractivity (Wildman–Crippen MR) is 187 cm³/mol. The van der Waals surface area contributed by atoms with E-state index < -0.39 is 20.8 Å². The molecule has 0 aliphatic rings. The zero-order valence-electron chi connectivity index (χ0n) is 25.2. The van der Waals surface area contributed by atoms with Gasteiger partial charge in [0.05, 0.1) is 0 Å².